The van der Waals surface area contributed by atoms with Crippen LogP contribution in [0.4, 0.5) is 20.4 Å². The van der Waals surface area contributed by atoms with Crippen LogP contribution in [0.15, 0.2) is 24.5 Å². The van der Waals surface area contributed by atoms with Crippen LogP contribution in [0.1, 0.15) is 0 Å². The van der Waals surface area contributed by atoms with Gasteiger partial charge in [0.25, 0.3) is 0 Å². The summed E-state index contributed by atoms with van der Waals surface area (Å²) in [5.74, 6) is 0.227. The van der Waals surface area contributed by atoms with Crippen LogP contribution >= 0.6 is 0 Å². The van der Waals surface area contributed by atoms with Crippen molar-refractivity contribution in [2.45, 2.75) is 6.29 Å². The lowest BCUT2D eigenvalue weighted by Gasteiger charge is -2.07. The molecule has 0 saturated carbocycles. The van der Waals surface area contributed by atoms with E-state index < -0.39 is 6.29 Å². The van der Waals surface area contributed by atoms with Crippen molar-refractivity contribution < 1.29 is 18.3 Å². The Balaban J connectivity index is 1.95. The number of alkyl halides is 2. The van der Waals surface area contributed by atoms with E-state index in [0.29, 0.717) is 11.6 Å². The molecular weight excluding hydrogens is 234 g/mol. The van der Waals surface area contributed by atoms with Crippen LogP contribution in [0.2, 0.25) is 0 Å². The third-order valence-electron chi connectivity index (χ3n) is 2.10. The van der Waals surface area contributed by atoms with Gasteiger partial charge in [0.05, 0.1) is 5.69 Å². The van der Waals surface area contributed by atoms with Crippen LogP contribution in [0.25, 0.3) is 0 Å². The lowest BCUT2D eigenvalue weighted by molar-refractivity contribution is -0.286. The number of benzene rings is 1. The first-order valence-electron chi connectivity index (χ1n) is 4.65. The van der Waals surface area contributed by atoms with Crippen molar-refractivity contribution in [1.29, 1.82) is 0 Å². The smallest absolute Gasteiger partial charge is 0.395 e. The molecule has 88 valence electrons. The average molecular weight is 240 g/mol. The summed E-state index contributed by atoms with van der Waals surface area (Å²) < 4.78 is 34.5. The van der Waals surface area contributed by atoms with Gasteiger partial charge in [-0.15, -0.1) is 8.78 Å². The predicted octanol–water partition coefficient (Wildman–Crippen LogP) is 1.87. The van der Waals surface area contributed by atoms with Crippen LogP contribution < -0.4 is 14.8 Å². The molecule has 0 aliphatic carbocycles. The van der Waals surface area contributed by atoms with E-state index in [1.165, 1.54) is 12.4 Å². The third-order valence-corrected chi connectivity index (χ3v) is 2.10. The second kappa shape index (κ2) is 3.30. The van der Waals surface area contributed by atoms with Crippen molar-refractivity contribution in [3.63, 3.8) is 0 Å². The highest BCUT2D eigenvalue weighted by atomic mass is 19.3. The molecule has 17 heavy (non-hydrogen) atoms. The molecule has 0 unspecified atom stereocenters. The number of ether oxygens (including phenoxy) is 2. The first kappa shape index (κ1) is 9.82. The molecule has 1 aliphatic heterocycles. The van der Waals surface area contributed by atoms with Gasteiger partial charge in [-0.3, -0.25) is 0 Å². The number of aromatic nitrogens is 3. The van der Waals surface area contributed by atoms with Crippen molar-refractivity contribution in [3.05, 3.63) is 24.5 Å². The number of nitrogens with one attached hydrogen (secondary N) is 2. The van der Waals surface area contributed by atoms with E-state index in [-0.39, 0.29) is 11.5 Å². The second-order valence-electron chi connectivity index (χ2n) is 3.26. The van der Waals surface area contributed by atoms with Gasteiger partial charge in [0.15, 0.2) is 11.5 Å². The SMILES string of the molecule is FC1(F)Oc2cccc(Nc3ncn[nH]3)c2O1. The molecule has 0 fully saturated rings. The van der Waals surface area contributed by atoms with Crippen molar-refractivity contribution >= 4 is 11.6 Å². The Labute approximate surface area is 93.6 Å². The van der Waals surface area contributed by atoms with E-state index in [1.807, 2.05) is 0 Å². The number of aromatic amines is 1. The molecule has 0 atom stereocenters. The molecule has 0 spiro atoms. The molecule has 0 radical (unpaired) electrons. The maximum atomic E-state index is 12.9. The number of nitrogens with zero attached hydrogens (tertiary/aromatic N) is 2. The lowest BCUT2D eigenvalue weighted by atomic mass is 10.3. The minimum atomic E-state index is -3.64. The van der Waals surface area contributed by atoms with Gasteiger partial charge in [0.2, 0.25) is 5.95 Å². The number of H-pyrrole nitrogens is 1. The van der Waals surface area contributed by atoms with Crippen molar-refractivity contribution in [2.24, 2.45) is 0 Å². The Kier molecular flexibility index (Phi) is 1.91. The molecule has 1 aromatic heterocycles. The monoisotopic (exact) mass is 240 g/mol. The summed E-state index contributed by atoms with van der Waals surface area (Å²) >= 11 is 0. The Hall–Kier alpha value is -2.38. The maximum Gasteiger partial charge on any atom is 0.586 e. The van der Waals surface area contributed by atoms with E-state index in [9.17, 15) is 8.78 Å². The van der Waals surface area contributed by atoms with E-state index in [2.05, 4.69) is 30.0 Å². The van der Waals surface area contributed by atoms with Crippen molar-refractivity contribution in [2.75, 3.05) is 5.32 Å². The standard InChI is InChI=1S/C9H6F2N4O2/c10-9(11)16-6-3-1-2-5(7(6)17-9)14-8-12-4-13-15-8/h1-4H,(H2,12,13,14,15). The van der Waals surface area contributed by atoms with Gasteiger partial charge in [-0.2, -0.15) is 10.1 Å². The minimum Gasteiger partial charge on any atom is -0.395 e. The summed E-state index contributed by atoms with van der Waals surface area (Å²) in [4.78, 5) is 3.81. The number of halogens is 2. The van der Waals surface area contributed by atoms with Crippen LogP contribution in [-0.4, -0.2) is 21.5 Å². The lowest BCUT2D eigenvalue weighted by Crippen LogP contribution is -2.26. The largest absolute Gasteiger partial charge is 0.586 e. The van der Waals surface area contributed by atoms with Gasteiger partial charge in [-0.1, -0.05) is 6.07 Å². The van der Waals surface area contributed by atoms with Crippen molar-refractivity contribution in [1.82, 2.24) is 15.2 Å². The van der Waals surface area contributed by atoms with Crippen LogP contribution in [0.5, 0.6) is 11.5 Å². The van der Waals surface area contributed by atoms with Gasteiger partial charge < -0.3 is 14.8 Å². The topological polar surface area (TPSA) is 72.1 Å². The van der Waals surface area contributed by atoms with E-state index in [1.54, 1.807) is 12.1 Å². The van der Waals surface area contributed by atoms with Gasteiger partial charge >= 0.3 is 6.29 Å². The number of hydrogen-bond acceptors (Lipinski definition) is 5. The average Bonchev–Trinajstić information content (AvgIpc) is 2.84. The van der Waals surface area contributed by atoms with E-state index in [0.717, 1.165) is 0 Å². The fourth-order valence-electron chi connectivity index (χ4n) is 1.46. The summed E-state index contributed by atoms with van der Waals surface area (Å²) in [6.45, 7) is 0. The Bertz CT molecular complexity index is 544. The molecule has 1 aromatic carbocycles. The fraction of sp³-hybridized carbons (Fsp3) is 0.111. The molecule has 2 aromatic rings. The molecule has 0 saturated heterocycles. The molecule has 0 amide bonds. The summed E-state index contributed by atoms with van der Waals surface area (Å²) in [6.07, 6.45) is -2.35. The molecule has 1 aliphatic rings. The summed E-state index contributed by atoms with van der Waals surface area (Å²) in [6, 6.07) is 4.51. The summed E-state index contributed by atoms with van der Waals surface area (Å²) in [5, 5.41) is 8.92. The minimum absolute atomic E-state index is 0.0282. The Morgan fingerprint density at radius 2 is 2.18 bits per heavy atom. The van der Waals surface area contributed by atoms with E-state index >= 15 is 0 Å². The van der Waals surface area contributed by atoms with Crippen LogP contribution in [-0.2, 0) is 0 Å². The van der Waals surface area contributed by atoms with E-state index in [4.69, 9.17) is 0 Å². The molecule has 2 heterocycles. The first-order chi connectivity index (χ1) is 8.14. The maximum absolute atomic E-state index is 12.9. The number of anilines is 2. The molecule has 0 bridgehead atoms. The van der Waals surface area contributed by atoms with Gasteiger partial charge in [0.1, 0.15) is 6.33 Å². The summed E-state index contributed by atoms with van der Waals surface area (Å²) in [7, 11) is 0. The number of rotatable bonds is 2. The molecule has 8 heteroatoms. The molecular formula is C9H6F2N4O2. The van der Waals surface area contributed by atoms with Crippen LogP contribution in [0, 0.1) is 0 Å². The predicted molar refractivity (Wildman–Crippen MR) is 52.3 cm³/mol. The normalized spacial score (nSPS) is 15.9. The fourth-order valence-corrected chi connectivity index (χ4v) is 1.46. The zero-order valence-electron chi connectivity index (χ0n) is 8.28. The molecule has 3 rings (SSSR count). The van der Waals surface area contributed by atoms with Crippen molar-refractivity contribution in [3.8, 4) is 11.5 Å². The molecule has 2 N–H and O–H groups in total. The van der Waals surface area contributed by atoms with Crippen LogP contribution in [0.3, 0.4) is 0 Å². The van der Waals surface area contributed by atoms with Gasteiger partial charge in [-0.05, 0) is 12.1 Å². The Morgan fingerprint density at radius 1 is 1.29 bits per heavy atom. The summed E-state index contributed by atoms with van der Waals surface area (Å²) in [5.41, 5.74) is 0.316. The Morgan fingerprint density at radius 3 is 2.94 bits per heavy atom. The first-order valence-corrected chi connectivity index (χ1v) is 4.65. The number of para-hydroxylation sites is 1. The second-order valence-corrected chi connectivity index (χ2v) is 3.26. The highest BCUT2D eigenvalue weighted by molar-refractivity contribution is 5.68. The zero-order chi connectivity index (χ0) is 11.9. The highest BCUT2D eigenvalue weighted by Gasteiger charge is 2.44. The van der Waals surface area contributed by atoms with Gasteiger partial charge in [-0.25, -0.2) is 5.10 Å². The number of fused-ring (bicyclic) bond motifs is 1. The quantitative estimate of drug-likeness (QED) is 0.838. The third kappa shape index (κ3) is 1.73. The van der Waals surface area contributed by atoms with Gasteiger partial charge in [0, 0.05) is 0 Å². The highest BCUT2D eigenvalue weighted by Crippen LogP contribution is 2.46. The zero-order valence-corrected chi connectivity index (χ0v) is 8.28. The molecule has 6 nitrogen and oxygen atoms in total. The number of hydrogen-bond donors (Lipinski definition) is 2.